The van der Waals surface area contributed by atoms with Gasteiger partial charge in [0.05, 0.1) is 9.79 Å². The lowest BCUT2D eigenvalue weighted by atomic mass is 9.84. The molecule has 0 saturated heterocycles. The lowest BCUT2D eigenvalue weighted by Crippen LogP contribution is -2.09. The molecule has 0 fully saturated rings. The fourth-order valence-electron chi connectivity index (χ4n) is 2.94. The van der Waals surface area contributed by atoms with E-state index in [-0.39, 0.29) is 0 Å². The van der Waals surface area contributed by atoms with Gasteiger partial charge in [0.2, 0.25) is 9.84 Å². The van der Waals surface area contributed by atoms with Crippen molar-refractivity contribution in [2.24, 2.45) is 0 Å². The number of hydrogen-bond acceptors (Lipinski definition) is 2. The summed E-state index contributed by atoms with van der Waals surface area (Å²) in [5.41, 5.74) is 2.50. The lowest BCUT2D eigenvalue weighted by molar-refractivity contribution is 0.584. The zero-order valence-electron chi connectivity index (χ0n) is 11.5. The highest BCUT2D eigenvalue weighted by Crippen LogP contribution is 2.33. The van der Waals surface area contributed by atoms with E-state index in [0.29, 0.717) is 15.7 Å². The topological polar surface area (TPSA) is 34.1 Å². The Balaban J connectivity index is 2.08. The van der Waals surface area contributed by atoms with Crippen molar-refractivity contribution in [1.82, 2.24) is 0 Å². The molecule has 0 bridgehead atoms. The fourth-order valence-corrected chi connectivity index (χ4v) is 4.27. The van der Waals surface area contributed by atoms with Crippen LogP contribution in [0.15, 0.2) is 58.3 Å². The first-order valence-corrected chi connectivity index (χ1v) is 8.50. The van der Waals surface area contributed by atoms with Crippen LogP contribution < -0.4 is 0 Å². The number of hydrogen-bond donors (Lipinski definition) is 0. The summed E-state index contributed by atoms with van der Waals surface area (Å²) in [5, 5.41) is 0. The number of benzene rings is 2. The summed E-state index contributed by atoms with van der Waals surface area (Å²) in [6, 6.07) is 14.3. The van der Waals surface area contributed by atoms with Gasteiger partial charge in [0.25, 0.3) is 0 Å². The van der Waals surface area contributed by atoms with Crippen LogP contribution in [-0.2, 0) is 16.3 Å². The van der Waals surface area contributed by atoms with Gasteiger partial charge >= 0.3 is 0 Å². The molecule has 1 aliphatic carbocycles. The van der Waals surface area contributed by atoms with Crippen LogP contribution in [0.3, 0.4) is 0 Å². The predicted molar refractivity (Wildman–Crippen MR) is 79.7 cm³/mol. The SMILES string of the molecule is C[C@H]1CCCc2cc(S(=O)(=O)c3ccccc3)ccc21. The van der Waals surface area contributed by atoms with Gasteiger partial charge in [-0.2, -0.15) is 0 Å². The van der Waals surface area contributed by atoms with E-state index in [2.05, 4.69) is 6.92 Å². The maximum absolute atomic E-state index is 12.6. The normalized spacial score (nSPS) is 18.6. The van der Waals surface area contributed by atoms with Gasteiger partial charge in [0.1, 0.15) is 0 Å². The summed E-state index contributed by atoms with van der Waals surface area (Å²) in [7, 11) is -3.39. The first kappa shape index (κ1) is 13.4. The fraction of sp³-hybridized carbons (Fsp3) is 0.294. The number of rotatable bonds is 2. The molecule has 0 heterocycles. The quantitative estimate of drug-likeness (QED) is 0.837. The Kier molecular flexibility index (Phi) is 3.38. The third kappa shape index (κ3) is 2.27. The third-order valence-corrected chi connectivity index (χ3v) is 5.86. The average molecular weight is 286 g/mol. The van der Waals surface area contributed by atoms with Crippen LogP contribution in [0.4, 0.5) is 0 Å². The van der Waals surface area contributed by atoms with Crippen molar-refractivity contribution in [3.05, 3.63) is 59.7 Å². The standard InChI is InChI=1S/C17H18O2S/c1-13-6-5-7-14-12-16(10-11-17(13)14)20(18,19)15-8-3-2-4-9-15/h2-4,8-13H,5-7H2,1H3/t13-/m0/s1. The molecular formula is C17H18O2S. The minimum atomic E-state index is -3.39. The monoisotopic (exact) mass is 286 g/mol. The van der Waals surface area contributed by atoms with Crippen molar-refractivity contribution in [3.63, 3.8) is 0 Å². The van der Waals surface area contributed by atoms with Crippen molar-refractivity contribution >= 4 is 9.84 Å². The van der Waals surface area contributed by atoms with E-state index >= 15 is 0 Å². The molecule has 0 spiro atoms. The second-order valence-corrected chi connectivity index (χ2v) is 7.42. The number of fused-ring (bicyclic) bond motifs is 1. The van der Waals surface area contributed by atoms with Crippen LogP contribution in [0.25, 0.3) is 0 Å². The van der Waals surface area contributed by atoms with Crippen molar-refractivity contribution in [1.29, 1.82) is 0 Å². The summed E-state index contributed by atoms with van der Waals surface area (Å²) >= 11 is 0. The molecule has 0 saturated carbocycles. The second kappa shape index (κ2) is 5.06. The Hall–Kier alpha value is -1.61. The van der Waals surface area contributed by atoms with E-state index < -0.39 is 9.84 Å². The highest BCUT2D eigenvalue weighted by molar-refractivity contribution is 7.91. The molecule has 3 heteroatoms. The summed E-state index contributed by atoms with van der Waals surface area (Å²) in [6.45, 7) is 2.21. The minimum absolute atomic E-state index is 0.365. The smallest absolute Gasteiger partial charge is 0.206 e. The first-order chi connectivity index (χ1) is 9.59. The number of sulfone groups is 1. The van der Waals surface area contributed by atoms with E-state index in [1.807, 2.05) is 18.2 Å². The minimum Gasteiger partial charge on any atom is -0.219 e. The van der Waals surface area contributed by atoms with Crippen molar-refractivity contribution in [2.75, 3.05) is 0 Å². The van der Waals surface area contributed by atoms with Crippen molar-refractivity contribution < 1.29 is 8.42 Å². The van der Waals surface area contributed by atoms with Crippen LogP contribution in [0.2, 0.25) is 0 Å². The lowest BCUT2D eigenvalue weighted by Gasteiger charge is -2.22. The Morgan fingerprint density at radius 3 is 2.50 bits per heavy atom. The zero-order chi connectivity index (χ0) is 14.2. The Morgan fingerprint density at radius 2 is 1.75 bits per heavy atom. The molecule has 2 nitrogen and oxygen atoms in total. The predicted octanol–water partition coefficient (Wildman–Crippen LogP) is 3.96. The molecule has 20 heavy (non-hydrogen) atoms. The third-order valence-electron chi connectivity index (χ3n) is 4.09. The van der Waals surface area contributed by atoms with E-state index in [0.717, 1.165) is 12.8 Å². The molecule has 0 amide bonds. The molecule has 0 unspecified atom stereocenters. The van der Waals surface area contributed by atoms with Gasteiger partial charge < -0.3 is 0 Å². The highest BCUT2D eigenvalue weighted by atomic mass is 32.2. The van der Waals surface area contributed by atoms with Gasteiger partial charge in [-0.25, -0.2) is 8.42 Å². The van der Waals surface area contributed by atoms with Crippen LogP contribution in [0, 0.1) is 0 Å². The van der Waals surface area contributed by atoms with E-state index in [1.165, 1.54) is 17.5 Å². The van der Waals surface area contributed by atoms with E-state index in [1.54, 1.807) is 30.3 Å². The molecular weight excluding hydrogens is 268 g/mol. The maximum atomic E-state index is 12.6. The van der Waals surface area contributed by atoms with Crippen LogP contribution in [-0.4, -0.2) is 8.42 Å². The Labute approximate surface area is 120 Å². The van der Waals surface area contributed by atoms with Crippen LogP contribution in [0.5, 0.6) is 0 Å². The Morgan fingerprint density at radius 1 is 1.00 bits per heavy atom. The van der Waals surface area contributed by atoms with Gasteiger partial charge in [-0.15, -0.1) is 0 Å². The van der Waals surface area contributed by atoms with Gasteiger partial charge in [-0.3, -0.25) is 0 Å². The molecule has 1 atom stereocenters. The van der Waals surface area contributed by atoms with Crippen LogP contribution >= 0.6 is 0 Å². The first-order valence-electron chi connectivity index (χ1n) is 7.02. The zero-order valence-corrected chi connectivity index (χ0v) is 12.4. The van der Waals surface area contributed by atoms with E-state index in [4.69, 9.17) is 0 Å². The summed E-state index contributed by atoms with van der Waals surface area (Å²) in [4.78, 5) is 0.778. The largest absolute Gasteiger partial charge is 0.219 e. The van der Waals surface area contributed by atoms with Crippen molar-refractivity contribution in [3.8, 4) is 0 Å². The molecule has 0 aromatic heterocycles. The number of aryl methyl sites for hydroxylation is 1. The van der Waals surface area contributed by atoms with Gasteiger partial charge in [-0.1, -0.05) is 31.2 Å². The van der Waals surface area contributed by atoms with Crippen molar-refractivity contribution in [2.45, 2.75) is 41.9 Å². The summed E-state index contributed by atoms with van der Waals surface area (Å²) in [5.74, 6) is 0.534. The molecule has 104 valence electrons. The van der Waals surface area contributed by atoms with Gasteiger partial charge in [0.15, 0.2) is 0 Å². The average Bonchev–Trinajstić information content (AvgIpc) is 2.48. The van der Waals surface area contributed by atoms with Gasteiger partial charge in [-0.05, 0) is 60.6 Å². The van der Waals surface area contributed by atoms with E-state index in [9.17, 15) is 8.42 Å². The second-order valence-electron chi connectivity index (χ2n) is 5.47. The molecule has 0 radical (unpaired) electrons. The molecule has 0 aliphatic heterocycles. The maximum Gasteiger partial charge on any atom is 0.206 e. The van der Waals surface area contributed by atoms with Crippen LogP contribution in [0.1, 0.15) is 36.8 Å². The molecule has 2 aromatic carbocycles. The summed E-state index contributed by atoms with van der Waals surface area (Å²) in [6.07, 6.45) is 3.32. The molecule has 0 N–H and O–H groups in total. The van der Waals surface area contributed by atoms with Gasteiger partial charge in [0, 0.05) is 0 Å². The Bertz CT molecular complexity index is 718. The molecule has 3 rings (SSSR count). The highest BCUT2D eigenvalue weighted by Gasteiger charge is 2.21. The summed E-state index contributed by atoms with van der Waals surface area (Å²) < 4.78 is 25.2. The molecule has 2 aromatic rings. The molecule has 1 aliphatic rings.